The number of nitrogens with one attached hydrogen (secondary N) is 2. The third kappa shape index (κ3) is 3.98. The molecule has 1 amide bonds. The largest absolute Gasteiger partial charge is 0.325 e. The van der Waals surface area contributed by atoms with Gasteiger partial charge in [-0.25, -0.2) is 8.78 Å². The van der Waals surface area contributed by atoms with Gasteiger partial charge in [-0.1, -0.05) is 0 Å². The van der Waals surface area contributed by atoms with E-state index < -0.39 is 11.6 Å². The summed E-state index contributed by atoms with van der Waals surface area (Å²) in [6.07, 6.45) is 0. The molecule has 0 radical (unpaired) electrons. The monoisotopic (exact) mass is 283 g/mol. The quantitative estimate of drug-likeness (QED) is 0.885. The predicted octanol–water partition coefficient (Wildman–Crippen LogP) is 1.59. The van der Waals surface area contributed by atoms with Crippen molar-refractivity contribution in [2.75, 3.05) is 25.0 Å². The first-order chi connectivity index (χ1) is 9.44. The van der Waals surface area contributed by atoms with Crippen LogP contribution in [-0.4, -0.2) is 42.5 Å². The summed E-state index contributed by atoms with van der Waals surface area (Å²) in [5, 5.41) is 5.85. The minimum absolute atomic E-state index is 0.142. The first-order valence-corrected chi connectivity index (χ1v) is 6.67. The number of hydrogen-bond donors (Lipinski definition) is 2. The van der Waals surface area contributed by atoms with E-state index >= 15 is 0 Å². The maximum atomic E-state index is 13.0. The SMILES string of the molecule is CC1CN(CC(=O)Nc2cc(F)cc(F)c2)C(C)CN1. The molecule has 110 valence electrons. The minimum atomic E-state index is -0.704. The van der Waals surface area contributed by atoms with Crippen molar-refractivity contribution in [2.45, 2.75) is 25.9 Å². The fourth-order valence-corrected chi connectivity index (χ4v) is 2.33. The van der Waals surface area contributed by atoms with E-state index in [2.05, 4.69) is 17.6 Å². The van der Waals surface area contributed by atoms with Gasteiger partial charge in [-0.2, -0.15) is 0 Å². The summed E-state index contributed by atoms with van der Waals surface area (Å²) in [4.78, 5) is 14.0. The summed E-state index contributed by atoms with van der Waals surface area (Å²) in [7, 11) is 0. The number of halogens is 2. The molecule has 0 aliphatic carbocycles. The molecular weight excluding hydrogens is 264 g/mol. The van der Waals surface area contributed by atoms with Crippen molar-refractivity contribution in [3.8, 4) is 0 Å². The van der Waals surface area contributed by atoms with Gasteiger partial charge in [0.2, 0.25) is 5.91 Å². The number of piperazine rings is 1. The zero-order valence-corrected chi connectivity index (χ0v) is 11.6. The fourth-order valence-electron chi connectivity index (χ4n) is 2.33. The zero-order valence-electron chi connectivity index (χ0n) is 11.6. The number of nitrogens with zero attached hydrogens (tertiary/aromatic N) is 1. The highest BCUT2D eigenvalue weighted by Gasteiger charge is 2.24. The Morgan fingerprint density at radius 1 is 1.35 bits per heavy atom. The molecule has 0 aromatic heterocycles. The molecule has 1 aromatic rings. The van der Waals surface area contributed by atoms with E-state index in [0.717, 1.165) is 31.3 Å². The van der Waals surface area contributed by atoms with E-state index in [1.54, 1.807) is 0 Å². The van der Waals surface area contributed by atoms with Crippen molar-refractivity contribution in [3.63, 3.8) is 0 Å². The van der Waals surface area contributed by atoms with Gasteiger partial charge in [0.05, 0.1) is 6.54 Å². The summed E-state index contributed by atoms with van der Waals surface area (Å²) < 4.78 is 26.1. The van der Waals surface area contributed by atoms with Crippen LogP contribution in [0.1, 0.15) is 13.8 Å². The molecule has 1 heterocycles. The van der Waals surface area contributed by atoms with Gasteiger partial charge in [-0.05, 0) is 26.0 Å². The maximum absolute atomic E-state index is 13.0. The van der Waals surface area contributed by atoms with Crippen LogP contribution in [0.2, 0.25) is 0 Å². The van der Waals surface area contributed by atoms with Crippen LogP contribution < -0.4 is 10.6 Å². The standard InChI is InChI=1S/C14H19F2N3O/c1-9-7-19(10(2)6-17-9)8-14(20)18-13-4-11(15)3-12(16)5-13/h3-5,9-10,17H,6-8H2,1-2H3,(H,18,20). The van der Waals surface area contributed by atoms with Crippen LogP contribution in [0.15, 0.2) is 18.2 Å². The minimum Gasteiger partial charge on any atom is -0.325 e. The summed E-state index contributed by atoms with van der Waals surface area (Å²) in [5.41, 5.74) is 0.142. The van der Waals surface area contributed by atoms with E-state index in [9.17, 15) is 13.6 Å². The number of carbonyl (C=O) groups excluding carboxylic acids is 1. The second kappa shape index (κ2) is 6.28. The van der Waals surface area contributed by atoms with Gasteiger partial charge < -0.3 is 10.6 Å². The molecule has 1 aliphatic heterocycles. The number of amides is 1. The lowest BCUT2D eigenvalue weighted by molar-refractivity contribution is -0.118. The van der Waals surface area contributed by atoms with Crippen LogP contribution in [0.25, 0.3) is 0 Å². The second-order valence-electron chi connectivity index (χ2n) is 5.29. The highest BCUT2D eigenvalue weighted by atomic mass is 19.1. The Kier molecular flexibility index (Phi) is 4.67. The van der Waals surface area contributed by atoms with E-state index in [-0.39, 0.29) is 24.2 Å². The van der Waals surface area contributed by atoms with Gasteiger partial charge in [0.1, 0.15) is 11.6 Å². The molecule has 2 N–H and O–H groups in total. The summed E-state index contributed by atoms with van der Waals surface area (Å²) in [6.45, 7) is 5.90. The van der Waals surface area contributed by atoms with Crippen molar-refractivity contribution in [2.24, 2.45) is 0 Å². The van der Waals surface area contributed by atoms with Crippen molar-refractivity contribution in [1.29, 1.82) is 0 Å². The molecule has 2 unspecified atom stereocenters. The molecule has 0 spiro atoms. The first-order valence-electron chi connectivity index (χ1n) is 6.67. The molecule has 1 saturated heterocycles. The lowest BCUT2D eigenvalue weighted by Crippen LogP contribution is -2.55. The molecule has 1 aromatic carbocycles. The Morgan fingerprint density at radius 3 is 2.65 bits per heavy atom. The van der Waals surface area contributed by atoms with Crippen molar-refractivity contribution < 1.29 is 13.6 Å². The van der Waals surface area contributed by atoms with Crippen LogP contribution in [-0.2, 0) is 4.79 Å². The summed E-state index contributed by atoms with van der Waals surface area (Å²) in [5.74, 6) is -1.68. The Morgan fingerprint density at radius 2 is 2.00 bits per heavy atom. The van der Waals surface area contributed by atoms with Gasteiger partial charge in [-0.15, -0.1) is 0 Å². The topological polar surface area (TPSA) is 44.4 Å². The lowest BCUT2D eigenvalue weighted by atomic mass is 10.1. The van der Waals surface area contributed by atoms with Crippen LogP contribution in [0.5, 0.6) is 0 Å². The Labute approximate surface area is 117 Å². The molecule has 1 fully saturated rings. The molecule has 0 saturated carbocycles. The van der Waals surface area contributed by atoms with Gasteiger partial charge in [-0.3, -0.25) is 9.69 Å². The number of rotatable bonds is 3. The third-order valence-electron chi connectivity index (χ3n) is 3.39. The van der Waals surface area contributed by atoms with Crippen molar-refractivity contribution in [3.05, 3.63) is 29.8 Å². The average molecular weight is 283 g/mol. The molecular formula is C14H19F2N3O. The zero-order chi connectivity index (χ0) is 14.7. The Hall–Kier alpha value is -1.53. The molecule has 2 rings (SSSR count). The fraction of sp³-hybridized carbons (Fsp3) is 0.500. The molecule has 2 atom stereocenters. The first kappa shape index (κ1) is 14.9. The number of hydrogen-bond acceptors (Lipinski definition) is 3. The molecule has 1 aliphatic rings. The highest BCUT2D eigenvalue weighted by Crippen LogP contribution is 2.13. The number of anilines is 1. The normalized spacial score (nSPS) is 23.6. The number of carbonyl (C=O) groups is 1. The maximum Gasteiger partial charge on any atom is 0.238 e. The smallest absolute Gasteiger partial charge is 0.238 e. The van der Waals surface area contributed by atoms with E-state index in [0.29, 0.717) is 6.04 Å². The molecule has 6 heteroatoms. The second-order valence-corrected chi connectivity index (χ2v) is 5.29. The molecule has 20 heavy (non-hydrogen) atoms. The predicted molar refractivity (Wildman–Crippen MR) is 73.5 cm³/mol. The molecule has 4 nitrogen and oxygen atoms in total. The third-order valence-corrected chi connectivity index (χ3v) is 3.39. The summed E-state index contributed by atoms with van der Waals surface area (Å²) in [6, 6.07) is 3.55. The highest BCUT2D eigenvalue weighted by molar-refractivity contribution is 5.92. The van der Waals surface area contributed by atoms with E-state index in [1.807, 2.05) is 11.8 Å². The van der Waals surface area contributed by atoms with Gasteiger partial charge >= 0.3 is 0 Å². The average Bonchev–Trinajstić information content (AvgIpc) is 2.32. The lowest BCUT2D eigenvalue weighted by Gasteiger charge is -2.36. The van der Waals surface area contributed by atoms with Crippen LogP contribution >= 0.6 is 0 Å². The summed E-state index contributed by atoms with van der Waals surface area (Å²) >= 11 is 0. The van der Waals surface area contributed by atoms with Crippen LogP contribution in [0.4, 0.5) is 14.5 Å². The Balaban J connectivity index is 1.94. The van der Waals surface area contributed by atoms with Gasteiger partial charge in [0.15, 0.2) is 0 Å². The van der Waals surface area contributed by atoms with Crippen molar-refractivity contribution >= 4 is 11.6 Å². The van der Waals surface area contributed by atoms with Crippen LogP contribution in [0.3, 0.4) is 0 Å². The van der Waals surface area contributed by atoms with Crippen LogP contribution in [0, 0.1) is 11.6 Å². The van der Waals surface area contributed by atoms with E-state index in [4.69, 9.17) is 0 Å². The molecule has 0 bridgehead atoms. The number of benzene rings is 1. The Bertz CT molecular complexity index is 475. The van der Waals surface area contributed by atoms with Gasteiger partial charge in [0.25, 0.3) is 0 Å². The van der Waals surface area contributed by atoms with Gasteiger partial charge in [0, 0.05) is 36.9 Å². The van der Waals surface area contributed by atoms with E-state index in [1.165, 1.54) is 0 Å². The van der Waals surface area contributed by atoms with Crippen molar-refractivity contribution in [1.82, 2.24) is 10.2 Å².